The lowest BCUT2D eigenvalue weighted by Gasteiger charge is -1.98. The minimum Gasteiger partial charge on any atom is -0.385 e. The van der Waals surface area contributed by atoms with Crippen LogP contribution in [-0.2, 0) is 4.74 Å². The first-order valence-corrected chi connectivity index (χ1v) is 4.28. The molecule has 0 unspecified atom stereocenters. The zero-order valence-electron chi connectivity index (χ0n) is 7.69. The van der Waals surface area contributed by atoms with E-state index in [1.165, 1.54) is 0 Å². The van der Waals surface area contributed by atoms with E-state index in [1.807, 2.05) is 6.07 Å². The summed E-state index contributed by atoms with van der Waals surface area (Å²) in [4.78, 5) is 15.4. The van der Waals surface area contributed by atoms with Gasteiger partial charge in [-0.15, -0.1) is 0 Å². The van der Waals surface area contributed by atoms with Gasteiger partial charge < -0.3 is 4.74 Å². The first kappa shape index (κ1) is 9.86. The standard InChI is InChI=1S/C10H13NO2/c1-13-8-4-6-10(12)9-5-2-3-7-11-9/h2-3,5,7H,4,6,8H2,1H3. The molecule has 3 heteroatoms. The number of carbonyl (C=O) groups excluding carboxylic acids is 1. The molecule has 0 aliphatic rings. The molecule has 0 N–H and O–H groups in total. The van der Waals surface area contributed by atoms with Crippen LogP contribution in [0.15, 0.2) is 24.4 Å². The Morgan fingerprint density at radius 2 is 2.38 bits per heavy atom. The molecule has 0 bridgehead atoms. The molecule has 0 fully saturated rings. The van der Waals surface area contributed by atoms with Crippen LogP contribution in [-0.4, -0.2) is 24.5 Å². The van der Waals surface area contributed by atoms with Crippen molar-refractivity contribution in [3.8, 4) is 0 Å². The van der Waals surface area contributed by atoms with Gasteiger partial charge in [0.25, 0.3) is 0 Å². The number of rotatable bonds is 5. The first-order valence-electron chi connectivity index (χ1n) is 4.28. The third-order valence-electron chi connectivity index (χ3n) is 1.70. The van der Waals surface area contributed by atoms with Crippen molar-refractivity contribution >= 4 is 5.78 Å². The van der Waals surface area contributed by atoms with Gasteiger partial charge in [0.2, 0.25) is 0 Å². The number of ketones is 1. The zero-order valence-corrected chi connectivity index (χ0v) is 7.69. The van der Waals surface area contributed by atoms with Crippen LogP contribution in [0.1, 0.15) is 23.3 Å². The molecule has 0 aliphatic heterocycles. The average molecular weight is 179 g/mol. The summed E-state index contributed by atoms with van der Waals surface area (Å²) in [6.07, 6.45) is 2.89. The van der Waals surface area contributed by atoms with Crippen molar-refractivity contribution in [2.24, 2.45) is 0 Å². The minimum atomic E-state index is 0.0812. The van der Waals surface area contributed by atoms with Crippen LogP contribution in [0.25, 0.3) is 0 Å². The predicted octanol–water partition coefficient (Wildman–Crippen LogP) is 1.69. The quantitative estimate of drug-likeness (QED) is 0.510. The molecule has 1 rings (SSSR count). The highest BCUT2D eigenvalue weighted by molar-refractivity contribution is 5.94. The molecule has 1 aromatic rings. The topological polar surface area (TPSA) is 39.2 Å². The number of Topliss-reactive ketones (excluding diaryl/α,β-unsaturated/α-hetero) is 1. The minimum absolute atomic E-state index is 0.0812. The van der Waals surface area contributed by atoms with Gasteiger partial charge in [-0.05, 0) is 18.6 Å². The summed E-state index contributed by atoms with van der Waals surface area (Å²) in [5.74, 6) is 0.0812. The fraction of sp³-hybridized carbons (Fsp3) is 0.400. The second-order valence-corrected chi connectivity index (χ2v) is 2.73. The van der Waals surface area contributed by atoms with Crippen molar-refractivity contribution in [2.45, 2.75) is 12.8 Å². The lowest BCUT2D eigenvalue weighted by atomic mass is 10.1. The normalized spacial score (nSPS) is 9.92. The molecule has 3 nitrogen and oxygen atoms in total. The number of methoxy groups -OCH3 is 1. The van der Waals surface area contributed by atoms with Crippen LogP contribution in [0, 0.1) is 0 Å². The monoisotopic (exact) mass is 179 g/mol. The van der Waals surface area contributed by atoms with Gasteiger partial charge in [0, 0.05) is 26.3 Å². The Balaban J connectivity index is 2.40. The van der Waals surface area contributed by atoms with Crippen molar-refractivity contribution in [1.29, 1.82) is 0 Å². The maximum Gasteiger partial charge on any atom is 0.181 e. The molecule has 1 heterocycles. The van der Waals surface area contributed by atoms with Gasteiger partial charge in [0.05, 0.1) is 0 Å². The number of hydrogen-bond donors (Lipinski definition) is 0. The van der Waals surface area contributed by atoms with Gasteiger partial charge in [-0.25, -0.2) is 0 Å². The molecule has 0 radical (unpaired) electrons. The maximum atomic E-state index is 11.4. The summed E-state index contributed by atoms with van der Waals surface area (Å²) in [6, 6.07) is 5.34. The van der Waals surface area contributed by atoms with Gasteiger partial charge in [0.15, 0.2) is 5.78 Å². The molecule has 0 saturated heterocycles. The summed E-state index contributed by atoms with van der Waals surface area (Å²) >= 11 is 0. The van der Waals surface area contributed by atoms with E-state index in [0.717, 1.165) is 6.42 Å². The molecule has 0 atom stereocenters. The number of hydrogen-bond acceptors (Lipinski definition) is 3. The molecule has 0 saturated carbocycles. The number of nitrogens with zero attached hydrogens (tertiary/aromatic N) is 1. The Kier molecular flexibility index (Phi) is 4.12. The lowest BCUT2D eigenvalue weighted by molar-refractivity contribution is 0.0958. The summed E-state index contributed by atoms with van der Waals surface area (Å²) in [7, 11) is 1.63. The van der Waals surface area contributed by atoms with Crippen LogP contribution in [0.5, 0.6) is 0 Å². The number of carbonyl (C=O) groups is 1. The first-order chi connectivity index (χ1) is 6.34. The smallest absolute Gasteiger partial charge is 0.181 e. The molecule has 0 aromatic carbocycles. The Labute approximate surface area is 77.8 Å². The Morgan fingerprint density at radius 1 is 1.54 bits per heavy atom. The molecular formula is C10H13NO2. The van der Waals surface area contributed by atoms with Crippen molar-refractivity contribution < 1.29 is 9.53 Å². The van der Waals surface area contributed by atoms with Crippen LogP contribution >= 0.6 is 0 Å². The van der Waals surface area contributed by atoms with E-state index in [4.69, 9.17) is 4.74 Å². The van der Waals surface area contributed by atoms with Crippen LogP contribution in [0.4, 0.5) is 0 Å². The maximum absolute atomic E-state index is 11.4. The van der Waals surface area contributed by atoms with E-state index in [1.54, 1.807) is 25.4 Å². The second-order valence-electron chi connectivity index (χ2n) is 2.73. The van der Waals surface area contributed by atoms with Gasteiger partial charge >= 0.3 is 0 Å². The third-order valence-corrected chi connectivity index (χ3v) is 1.70. The van der Waals surface area contributed by atoms with Crippen molar-refractivity contribution in [3.05, 3.63) is 30.1 Å². The SMILES string of the molecule is COCCCC(=O)c1ccccn1. The van der Waals surface area contributed by atoms with E-state index in [2.05, 4.69) is 4.98 Å². The van der Waals surface area contributed by atoms with Gasteiger partial charge in [-0.1, -0.05) is 6.07 Å². The summed E-state index contributed by atoms with van der Waals surface area (Å²) in [5.41, 5.74) is 0.540. The number of ether oxygens (including phenoxy) is 1. The molecule has 13 heavy (non-hydrogen) atoms. The van der Waals surface area contributed by atoms with Crippen LogP contribution in [0.3, 0.4) is 0 Å². The zero-order chi connectivity index (χ0) is 9.52. The highest BCUT2D eigenvalue weighted by atomic mass is 16.5. The molecule has 0 aliphatic carbocycles. The van der Waals surface area contributed by atoms with E-state index in [0.29, 0.717) is 18.7 Å². The Morgan fingerprint density at radius 3 is 3.00 bits per heavy atom. The molecule has 0 amide bonds. The Bertz CT molecular complexity index is 259. The number of pyridine rings is 1. The molecule has 0 spiro atoms. The van der Waals surface area contributed by atoms with Gasteiger partial charge in [-0.3, -0.25) is 9.78 Å². The Hall–Kier alpha value is -1.22. The van der Waals surface area contributed by atoms with Crippen molar-refractivity contribution in [3.63, 3.8) is 0 Å². The number of aromatic nitrogens is 1. The summed E-state index contributed by atoms with van der Waals surface area (Å²) in [6.45, 7) is 0.624. The molecule has 70 valence electrons. The highest BCUT2D eigenvalue weighted by Gasteiger charge is 2.04. The molecular weight excluding hydrogens is 166 g/mol. The van der Waals surface area contributed by atoms with E-state index >= 15 is 0 Å². The summed E-state index contributed by atoms with van der Waals surface area (Å²) in [5, 5.41) is 0. The van der Waals surface area contributed by atoms with Crippen LogP contribution < -0.4 is 0 Å². The van der Waals surface area contributed by atoms with E-state index in [9.17, 15) is 4.79 Å². The second kappa shape index (κ2) is 5.43. The van der Waals surface area contributed by atoms with E-state index in [-0.39, 0.29) is 5.78 Å². The highest BCUT2D eigenvalue weighted by Crippen LogP contribution is 2.01. The fourth-order valence-electron chi connectivity index (χ4n) is 1.03. The largest absolute Gasteiger partial charge is 0.385 e. The van der Waals surface area contributed by atoms with E-state index < -0.39 is 0 Å². The fourth-order valence-corrected chi connectivity index (χ4v) is 1.03. The van der Waals surface area contributed by atoms with Crippen LogP contribution in [0.2, 0.25) is 0 Å². The lowest BCUT2D eigenvalue weighted by Crippen LogP contribution is -2.02. The van der Waals surface area contributed by atoms with Crippen molar-refractivity contribution in [2.75, 3.05) is 13.7 Å². The predicted molar refractivity (Wildman–Crippen MR) is 49.7 cm³/mol. The summed E-state index contributed by atoms with van der Waals surface area (Å²) < 4.78 is 4.86. The van der Waals surface area contributed by atoms with Gasteiger partial charge in [-0.2, -0.15) is 0 Å². The van der Waals surface area contributed by atoms with Crippen molar-refractivity contribution in [1.82, 2.24) is 4.98 Å². The molecule has 1 aromatic heterocycles. The van der Waals surface area contributed by atoms with Gasteiger partial charge in [0.1, 0.15) is 5.69 Å². The average Bonchev–Trinajstić information content (AvgIpc) is 2.19. The third kappa shape index (κ3) is 3.34.